The second-order valence-electron chi connectivity index (χ2n) is 4.67. The minimum Gasteiger partial charge on any atom is -0.446 e. The molecule has 8 heteroatoms. The van der Waals surface area contributed by atoms with Crippen LogP contribution in [0.3, 0.4) is 0 Å². The summed E-state index contributed by atoms with van der Waals surface area (Å²) in [7, 11) is -3.87. The first-order valence-corrected chi connectivity index (χ1v) is 7.52. The normalized spacial score (nSPS) is 24.9. The van der Waals surface area contributed by atoms with Crippen LogP contribution in [0.4, 0.5) is 4.79 Å². The Morgan fingerprint density at radius 3 is 2.67 bits per heavy atom. The molecule has 0 saturated carbocycles. The number of rotatable bonds is 4. The van der Waals surface area contributed by atoms with Crippen LogP contribution in [0.2, 0.25) is 0 Å². The van der Waals surface area contributed by atoms with E-state index >= 15 is 0 Å². The molecule has 2 unspecified atom stereocenters. The molecule has 3 N–H and O–H groups in total. The fourth-order valence-electron chi connectivity index (χ4n) is 1.78. The molecule has 1 amide bonds. The molecular formula is C10H21N3O4S. The summed E-state index contributed by atoms with van der Waals surface area (Å²) in [5.41, 5.74) is 0. The van der Waals surface area contributed by atoms with Crippen LogP contribution in [0.25, 0.3) is 0 Å². The van der Waals surface area contributed by atoms with Crippen LogP contribution in [0, 0.1) is 0 Å². The first-order chi connectivity index (χ1) is 8.30. The molecule has 0 radical (unpaired) electrons. The SMILES string of the molecule is CC(C)OC(=O)NS(=O)(=O)NC1CCCNC1C. The summed E-state index contributed by atoms with van der Waals surface area (Å²) in [6.45, 7) is 6.07. The largest absolute Gasteiger partial charge is 0.446 e. The van der Waals surface area contributed by atoms with E-state index in [2.05, 4.69) is 10.0 Å². The Morgan fingerprint density at radius 2 is 2.11 bits per heavy atom. The van der Waals surface area contributed by atoms with Gasteiger partial charge in [-0.05, 0) is 40.2 Å². The lowest BCUT2D eigenvalue weighted by Crippen LogP contribution is -2.55. The topological polar surface area (TPSA) is 96.5 Å². The van der Waals surface area contributed by atoms with Crippen molar-refractivity contribution >= 4 is 16.3 Å². The first-order valence-electron chi connectivity index (χ1n) is 6.04. The summed E-state index contributed by atoms with van der Waals surface area (Å²) < 4.78 is 32.4. The van der Waals surface area contributed by atoms with Crippen molar-refractivity contribution in [2.24, 2.45) is 0 Å². The van der Waals surface area contributed by atoms with Crippen molar-refractivity contribution in [2.45, 2.75) is 51.8 Å². The fraction of sp³-hybridized carbons (Fsp3) is 0.900. The van der Waals surface area contributed by atoms with Crippen molar-refractivity contribution < 1.29 is 17.9 Å². The van der Waals surface area contributed by atoms with Crippen molar-refractivity contribution in [3.8, 4) is 0 Å². The summed E-state index contributed by atoms with van der Waals surface area (Å²) in [5.74, 6) is 0. The second-order valence-corrected chi connectivity index (χ2v) is 6.12. The number of amides is 1. The van der Waals surface area contributed by atoms with Gasteiger partial charge in [-0.2, -0.15) is 13.1 Å². The van der Waals surface area contributed by atoms with E-state index in [1.165, 1.54) is 0 Å². The fourth-order valence-corrected chi connectivity index (χ4v) is 2.83. The lowest BCUT2D eigenvalue weighted by atomic mass is 10.0. The zero-order valence-corrected chi connectivity index (χ0v) is 11.7. The van der Waals surface area contributed by atoms with Crippen molar-refractivity contribution in [3.63, 3.8) is 0 Å². The molecule has 2 atom stereocenters. The van der Waals surface area contributed by atoms with Crippen LogP contribution < -0.4 is 14.8 Å². The predicted octanol–water partition coefficient (Wildman–Crippen LogP) is 0.0959. The van der Waals surface area contributed by atoms with Gasteiger partial charge in [0, 0.05) is 12.1 Å². The van der Waals surface area contributed by atoms with Gasteiger partial charge in [0.25, 0.3) is 0 Å². The number of piperidine rings is 1. The molecule has 18 heavy (non-hydrogen) atoms. The van der Waals surface area contributed by atoms with Crippen LogP contribution in [0.1, 0.15) is 33.6 Å². The summed E-state index contributed by atoms with van der Waals surface area (Å²) >= 11 is 0. The minimum atomic E-state index is -3.87. The van der Waals surface area contributed by atoms with E-state index in [0.717, 1.165) is 19.4 Å². The van der Waals surface area contributed by atoms with Gasteiger partial charge in [-0.3, -0.25) is 0 Å². The molecule has 1 heterocycles. The second kappa shape index (κ2) is 6.35. The number of hydrogen-bond acceptors (Lipinski definition) is 5. The van der Waals surface area contributed by atoms with Gasteiger partial charge in [0.2, 0.25) is 0 Å². The molecule has 0 aromatic rings. The molecule has 106 valence electrons. The van der Waals surface area contributed by atoms with Crippen LogP contribution >= 0.6 is 0 Å². The summed E-state index contributed by atoms with van der Waals surface area (Å²) in [5, 5.41) is 3.17. The predicted molar refractivity (Wildman–Crippen MR) is 67.3 cm³/mol. The molecule has 1 saturated heterocycles. The first kappa shape index (κ1) is 15.2. The maximum Gasteiger partial charge on any atom is 0.422 e. The van der Waals surface area contributed by atoms with Gasteiger partial charge in [0.1, 0.15) is 0 Å². The van der Waals surface area contributed by atoms with Crippen molar-refractivity contribution in [2.75, 3.05) is 6.54 Å². The average molecular weight is 279 g/mol. The van der Waals surface area contributed by atoms with E-state index in [1.807, 2.05) is 11.6 Å². The van der Waals surface area contributed by atoms with Gasteiger partial charge in [-0.1, -0.05) is 0 Å². The highest BCUT2D eigenvalue weighted by Gasteiger charge is 2.26. The zero-order valence-electron chi connectivity index (χ0n) is 10.9. The van der Waals surface area contributed by atoms with E-state index in [9.17, 15) is 13.2 Å². The molecule has 1 aliphatic heterocycles. The molecule has 0 spiro atoms. The van der Waals surface area contributed by atoms with Crippen molar-refractivity contribution in [3.05, 3.63) is 0 Å². The lowest BCUT2D eigenvalue weighted by Gasteiger charge is -2.30. The Morgan fingerprint density at radius 1 is 1.44 bits per heavy atom. The maximum atomic E-state index is 11.7. The van der Waals surface area contributed by atoms with E-state index < -0.39 is 16.3 Å². The Hall–Kier alpha value is -0.860. The Balaban J connectivity index is 2.51. The molecule has 1 fully saturated rings. The van der Waals surface area contributed by atoms with Gasteiger partial charge in [-0.15, -0.1) is 0 Å². The van der Waals surface area contributed by atoms with Gasteiger partial charge in [0.05, 0.1) is 6.10 Å². The van der Waals surface area contributed by atoms with Crippen LogP contribution in [0.15, 0.2) is 0 Å². The van der Waals surface area contributed by atoms with Crippen molar-refractivity contribution in [1.29, 1.82) is 0 Å². The molecule has 7 nitrogen and oxygen atoms in total. The number of carbonyl (C=O) groups is 1. The van der Waals surface area contributed by atoms with Gasteiger partial charge >= 0.3 is 16.3 Å². The Kier molecular flexibility index (Phi) is 5.36. The molecule has 0 aromatic heterocycles. The van der Waals surface area contributed by atoms with E-state index in [-0.39, 0.29) is 18.2 Å². The highest BCUT2D eigenvalue weighted by Crippen LogP contribution is 2.08. The monoisotopic (exact) mass is 279 g/mol. The van der Waals surface area contributed by atoms with E-state index in [0.29, 0.717) is 0 Å². The molecule has 1 aliphatic rings. The zero-order chi connectivity index (χ0) is 13.8. The average Bonchev–Trinajstić information content (AvgIpc) is 2.18. The number of hydrogen-bond donors (Lipinski definition) is 3. The number of ether oxygens (including phenoxy) is 1. The summed E-state index contributed by atoms with van der Waals surface area (Å²) in [6, 6.07) is -0.181. The van der Waals surface area contributed by atoms with Crippen LogP contribution in [-0.4, -0.2) is 39.2 Å². The summed E-state index contributed by atoms with van der Waals surface area (Å²) in [4.78, 5) is 11.2. The minimum absolute atomic E-state index is 0.0384. The standard InChI is InChI=1S/C10H21N3O4S/c1-7(2)17-10(14)13-18(15,16)12-9-5-4-6-11-8(9)3/h7-9,11-12H,4-6H2,1-3H3,(H,13,14). The van der Waals surface area contributed by atoms with Crippen LogP contribution in [-0.2, 0) is 14.9 Å². The highest BCUT2D eigenvalue weighted by molar-refractivity contribution is 7.88. The lowest BCUT2D eigenvalue weighted by molar-refractivity contribution is 0.121. The molecule has 0 aromatic carbocycles. The van der Waals surface area contributed by atoms with E-state index in [1.54, 1.807) is 13.8 Å². The maximum absolute atomic E-state index is 11.7. The Labute approximate surface area is 108 Å². The quantitative estimate of drug-likeness (QED) is 0.678. The van der Waals surface area contributed by atoms with Gasteiger partial charge in [0.15, 0.2) is 0 Å². The number of nitrogens with one attached hydrogen (secondary N) is 3. The molecular weight excluding hydrogens is 258 g/mol. The van der Waals surface area contributed by atoms with Gasteiger partial charge in [-0.25, -0.2) is 9.52 Å². The molecule has 1 rings (SSSR count). The highest BCUT2D eigenvalue weighted by atomic mass is 32.2. The van der Waals surface area contributed by atoms with Crippen molar-refractivity contribution in [1.82, 2.24) is 14.8 Å². The number of carbonyl (C=O) groups excluding carboxylic acids is 1. The van der Waals surface area contributed by atoms with E-state index in [4.69, 9.17) is 4.74 Å². The third-order valence-corrected chi connectivity index (χ3v) is 3.68. The molecule has 0 bridgehead atoms. The van der Waals surface area contributed by atoms with Crippen LogP contribution in [0.5, 0.6) is 0 Å². The molecule has 0 aliphatic carbocycles. The van der Waals surface area contributed by atoms with Gasteiger partial charge < -0.3 is 10.1 Å². The third kappa shape index (κ3) is 5.19. The Bertz CT molecular complexity index is 383. The third-order valence-electron chi connectivity index (χ3n) is 2.63. The summed E-state index contributed by atoms with van der Waals surface area (Å²) in [6.07, 6.45) is 0.312. The smallest absolute Gasteiger partial charge is 0.422 e.